The molecular formula is C15H19N3O2S. The minimum atomic E-state index is -3.83. The molecule has 1 unspecified atom stereocenters. The first kappa shape index (κ1) is 15.3. The number of nitrogen functional groups attached to an aromatic ring is 1. The van der Waals surface area contributed by atoms with Gasteiger partial charge in [-0.25, -0.2) is 13.6 Å². The summed E-state index contributed by atoms with van der Waals surface area (Å²) in [4.78, 5) is -0.0661. The van der Waals surface area contributed by atoms with E-state index in [0.29, 0.717) is 5.69 Å². The Balaban J connectivity index is 2.30. The number of benzene rings is 2. The molecule has 0 aliphatic rings. The second-order valence-electron chi connectivity index (χ2n) is 5.04. The van der Waals surface area contributed by atoms with Gasteiger partial charge < -0.3 is 11.1 Å². The van der Waals surface area contributed by atoms with Crippen molar-refractivity contribution in [3.63, 3.8) is 0 Å². The molecule has 0 fully saturated rings. The number of nitrogens with two attached hydrogens (primary N) is 2. The Bertz CT molecular complexity index is 740. The summed E-state index contributed by atoms with van der Waals surface area (Å²) < 4.78 is 22.9. The summed E-state index contributed by atoms with van der Waals surface area (Å²) >= 11 is 0. The normalized spacial score (nSPS) is 12.9. The lowest BCUT2D eigenvalue weighted by Gasteiger charge is -2.18. The maximum Gasteiger partial charge on any atom is 0.240 e. The molecule has 0 saturated heterocycles. The molecule has 0 aromatic heterocycles. The molecule has 0 bridgehead atoms. The third-order valence-electron chi connectivity index (χ3n) is 3.32. The Hall–Kier alpha value is -2.05. The van der Waals surface area contributed by atoms with Gasteiger partial charge >= 0.3 is 0 Å². The van der Waals surface area contributed by atoms with Crippen LogP contribution in [0.3, 0.4) is 0 Å². The monoisotopic (exact) mass is 305 g/mol. The molecule has 5 nitrogen and oxygen atoms in total. The van der Waals surface area contributed by atoms with E-state index in [0.717, 1.165) is 5.56 Å². The second-order valence-corrected chi connectivity index (χ2v) is 6.57. The van der Waals surface area contributed by atoms with Gasteiger partial charge in [0, 0.05) is 6.04 Å². The van der Waals surface area contributed by atoms with Crippen molar-refractivity contribution in [1.82, 2.24) is 0 Å². The molecular weight excluding hydrogens is 286 g/mol. The quantitative estimate of drug-likeness (QED) is 0.755. The van der Waals surface area contributed by atoms with Crippen molar-refractivity contribution in [1.29, 1.82) is 0 Å². The van der Waals surface area contributed by atoms with Crippen LogP contribution in [0.5, 0.6) is 0 Å². The Morgan fingerprint density at radius 3 is 2.29 bits per heavy atom. The number of aryl methyl sites for hydroxylation is 1. The molecule has 0 radical (unpaired) electrons. The fraction of sp³-hybridized carbons (Fsp3) is 0.200. The molecule has 0 spiro atoms. The number of para-hydroxylation sites is 1. The fourth-order valence-corrected chi connectivity index (χ4v) is 2.77. The molecule has 6 heteroatoms. The number of hydrogen-bond donors (Lipinski definition) is 3. The molecule has 2 aromatic rings. The maximum atomic E-state index is 11.5. The van der Waals surface area contributed by atoms with Crippen LogP contribution in [-0.4, -0.2) is 8.42 Å². The fourth-order valence-electron chi connectivity index (χ4n) is 2.09. The Kier molecular flexibility index (Phi) is 4.20. The van der Waals surface area contributed by atoms with Gasteiger partial charge in [-0.2, -0.15) is 0 Å². The van der Waals surface area contributed by atoms with E-state index in [-0.39, 0.29) is 16.6 Å². The zero-order chi connectivity index (χ0) is 15.6. The topological polar surface area (TPSA) is 98.2 Å². The summed E-state index contributed by atoms with van der Waals surface area (Å²) in [5.74, 6) is 0. The van der Waals surface area contributed by atoms with E-state index in [9.17, 15) is 8.42 Å². The minimum absolute atomic E-state index is 0.0105. The van der Waals surface area contributed by atoms with E-state index in [1.165, 1.54) is 11.6 Å². The first-order valence-corrected chi connectivity index (χ1v) is 8.08. The number of hydrogen-bond acceptors (Lipinski definition) is 4. The van der Waals surface area contributed by atoms with Crippen molar-refractivity contribution in [2.24, 2.45) is 5.14 Å². The molecule has 1 atom stereocenters. The zero-order valence-electron chi connectivity index (χ0n) is 12.0. The third-order valence-corrected chi connectivity index (χ3v) is 4.29. The number of sulfonamides is 1. The second kappa shape index (κ2) is 5.75. The molecule has 21 heavy (non-hydrogen) atoms. The predicted molar refractivity (Wildman–Crippen MR) is 85.4 cm³/mol. The summed E-state index contributed by atoms with van der Waals surface area (Å²) in [6.45, 7) is 4.00. The van der Waals surface area contributed by atoms with Crippen LogP contribution in [0.2, 0.25) is 0 Å². The summed E-state index contributed by atoms with van der Waals surface area (Å²) in [7, 11) is -3.83. The van der Waals surface area contributed by atoms with E-state index in [2.05, 4.69) is 5.32 Å². The van der Waals surface area contributed by atoms with E-state index in [1.54, 1.807) is 12.1 Å². The third kappa shape index (κ3) is 3.53. The van der Waals surface area contributed by atoms with Gasteiger partial charge in [0.25, 0.3) is 0 Å². The van der Waals surface area contributed by atoms with Gasteiger partial charge in [-0.1, -0.05) is 35.9 Å². The Labute approximate surface area is 125 Å². The minimum Gasteiger partial charge on any atom is -0.396 e. The van der Waals surface area contributed by atoms with Crippen molar-refractivity contribution < 1.29 is 8.42 Å². The van der Waals surface area contributed by atoms with Gasteiger partial charge in [-0.3, -0.25) is 0 Å². The SMILES string of the molecule is Cc1ccc(C(C)Nc2cccc(S(N)(=O)=O)c2N)cc1. The predicted octanol–water partition coefficient (Wildman–Crippen LogP) is 2.40. The van der Waals surface area contributed by atoms with Crippen LogP contribution in [0.1, 0.15) is 24.1 Å². The summed E-state index contributed by atoms with van der Waals surface area (Å²) in [5, 5.41) is 8.36. The first-order chi connectivity index (χ1) is 9.79. The van der Waals surface area contributed by atoms with Gasteiger partial charge in [0.1, 0.15) is 4.90 Å². The van der Waals surface area contributed by atoms with Crippen LogP contribution in [-0.2, 0) is 10.0 Å². The highest BCUT2D eigenvalue weighted by Crippen LogP contribution is 2.29. The average Bonchev–Trinajstić information content (AvgIpc) is 2.40. The largest absolute Gasteiger partial charge is 0.396 e. The lowest BCUT2D eigenvalue weighted by molar-refractivity contribution is 0.598. The molecule has 2 rings (SSSR count). The van der Waals surface area contributed by atoms with Gasteiger partial charge in [-0.05, 0) is 31.5 Å². The van der Waals surface area contributed by atoms with Gasteiger partial charge in [0.2, 0.25) is 10.0 Å². The summed E-state index contributed by atoms with van der Waals surface area (Å²) in [5.41, 5.74) is 8.85. The summed E-state index contributed by atoms with van der Waals surface area (Å²) in [6, 6.07) is 12.8. The average molecular weight is 305 g/mol. The van der Waals surface area contributed by atoms with Crippen molar-refractivity contribution >= 4 is 21.4 Å². The molecule has 2 aromatic carbocycles. The molecule has 5 N–H and O–H groups in total. The first-order valence-electron chi connectivity index (χ1n) is 6.53. The number of primary sulfonamides is 1. The van der Waals surface area contributed by atoms with E-state index < -0.39 is 10.0 Å². The molecule has 0 heterocycles. The molecule has 0 saturated carbocycles. The van der Waals surface area contributed by atoms with Gasteiger partial charge in [-0.15, -0.1) is 0 Å². The maximum absolute atomic E-state index is 11.5. The highest BCUT2D eigenvalue weighted by atomic mass is 32.2. The van der Waals surface area contributed by atoms with Crippen molar-refractivity contribution in [2.45, 2.75) is 24.8 Å². The lowest BCUT2D eigenvalue weighted by atomic mass is 10.1. The van der Waals surface area contributed by atoms with Crippen molar-refractivity contribution in [3.8, 4) is 0 Å². The lowest BCUT2D eigenvalue weighted by Crippen LogP contribution is -2.16. The molecule has 0 amide bonds. The van der Waals surface area contributed by atoms with Crippen LogP contribution < -0.4 is 16.2 Å². The van der Waals surface area contributed by atoms with E-state index in [1.807, 2.05) is 38.1 Å². The standard InChI is InChI=1S/C15H19N3O2S/c1-10-6-8-12(9-7-10)11(2)18-13-4-3-5-14(15(13)16)21(17,19)20/h3-9,11,18H,16H2,1-2H3,(H2,17,19,20). The van der Waals surface area contributed by atoms with Crippen LogP contribution in [0.4, 0.5) is 11.4 Å². The zero-order valence-corrected chi connectivity index (χ0v) is 12.8. The summed E-state index contributed by atoms with van der Waals surface area (Å²) in [6.07, 6.45) is 0. The van der Waals surface area contributed by atoms with Crippen LogP contribution in [0, 0.1) is 6.92 Å². The van der Waals surface area contributed by atoms with E-state index in [4.69, 9.17) is 10.9 Å². The number of rotatable bonds is 4. The van der Waals surface area contributed by atoms with E-state index >= 15 is 0 Å². The van der Waals surface area contributed by atoms with Gasteiger partial charge in [0.15, 0.2) is 0 Å². The van der Waals surface area contributed by atoms with Crippen molar-refractivity contribution in [2.75, 3.05) is 11.1 Å². The van der Waals surface area contributed by atoms with Crippen LogP contribution in [0.25, 0.3) is 0 Å². The van der Waals surface area contributed by atoms with Crippen molar-refractivity contribution in [3.05, 3.63) is 53.6 Å². The number of nitrogens with one attached hydrogen (secondary N) is 1. The molecule has 0 aliphatic carbocycles. The Morgan fingerprint density at radius 1 is 1.10 bits per heavy atom. The Morgan fingerprint density at radius 2 is 1.71 bits per heavy atom. The molecule has 0 aliphatic heterocycles. The molecule has 112 valence electrons. The van der Waals surface area contributed by atoms with Gasteiger partial charge in [0.05, 0.1) is 11.4 Å². The highest BCUT2D eigenvalue weighted by Gasteiger charge is 2.16. The van der Waals surface area contributed by atoms with Crippen LogP contribution >= 0.6 is 0 Å². The smallest absolute Gasteiger partial charge is 0.240 e. The van der Waals surface area contributed by atoms with Crippen LogP contribution in [0.15, 0.2) is 47.4 Å². The number of anilines is 2. The highest BCUT2D eigenvalue weighted by molar-refractivity contribution is 7.89.